The number of esters is 1. The fraction of sp³-hybridized carbons (Fsp3) is 0.185. The Morgan fingerprint density at radius 2 is 1.92 bits per heavy atom. The third kappa shape index (κ3) is 5.92. The highest BCUT2D eigenvalue weighted by molar-refractivity contribution is 7.99. The van der Waals surface area contributed by atoms with E-state index in [2.05, 4.69) is 22.1 Å². The van der Waals surface area contributed by atoms with Crippen LogP contribution in [0.15, 0.2) is 71.7 Å². The van der Waals surface area contributed by atoms with Gasteiger partial charge < -0.3 is 14.8 Å². The first-order valence-electron chi connectivity index (χ1n) is 11.3. The van der Waals surface area contributed by atoms with E-state index in [1.54, 1.807) is 13.2 Å². The summed E-state index contributed by atoms with van der Waals surface area (Å²) in [6.07, 6.45) is 1.77. The molecule has 0 saturated heterocycles. The number of rotatable bonds is 10. The van der Waals surface area contributed by atoms with Gasteiger partial charge in [0.05, 0.1) is 20.0 Å². The predicted molar refractivity (Wildman–Crippen MR) is 147 cm³/mol. The molecule has 0 atom stereocenters. The molecule has 190 valence electrons. The number of nitrogens with one attached hydrogen (secondary N) is 1. The summed E-state index contributed by atoms with van der Waals surface area (Å²) in [5, 5.41) is 14.4. The van der Waals surface area contributed by atoms with Gasteiger partial charge in [0.1, 0.15) is 16.3 Å². The van der Waals surface area contributed by atoms with E-state index in [9.17, 15) is 9.59 Å². The molecule has 0 unspecified atom stereocenters. The second-order valence-corrected chi connectivity index (χ2v) is 9.81. The van der Waals surface area contributed by atoms with Crippen molar-refractivity contribution in [3.63, 3.8) is 0 Å². The number of hydrogen-bond acceptors (Lipinski definition) is 8. The SMILES string of the molecule is C=CCn1c(SCC(=O)Nc2scc(-c3ccc(OC)cc3)c2C(=O)OC)nnc1-c1cccc(C)c1. The second kappa shape index (κ2) is 11.9. The number of methoxy groups -OCH3 is 2. The number of carbonyl (C=O) groups excluding carboxylic acids is 2. The van der Waals surface area contributed by atoms with Gasteiger partial charge in [0.25, 0.3) is 0 Å². The van der Waals surface area contributed by atoms with Crippen LogP contribution in [0, 0.1) is 6.92 Å². The summed E-state index contributed by atoms with van der Waals surface area (Å²) in [4.78, 5) is 25.5. The third-order valence-electron chi connectivity index (χ3n) is 5.47. The molecule has 4 rings (SSSR count). The molecule has 0 spiro atoms. The number of hydrogen-bond donors (Lipinski definition) is 1. The monoisotopic (exact) mass is 534 g/mol. The molecule has 37 heavy (non-hydrogen) atoms. The molecule has 8 nitrogen and oxygen atoms in total. The molecule has 1 amide bonds. The molecule has 2 aromatic carbocycles. The number of aromatic nitrogens is 3. The molecule has 10 heteroatoms. The van der Waals surface area contributed by atoms with Crippen LogP contribution in [0.3, 0.4) is 0 Å². The van der Waals surface area contributed by atoms with Crippen LogP contribution in [0.25, 0.3) is 22.5 Å². The second-order valence-electron chi connectivity index (χ2n) is 7.99. The fourth-order valence-electron chi connectivity index (χ4n) is 3.72. The summed E-state index contributed by atoms with van der Waals surface area (Å²) in [7, 11) is 2.91. The lowest BCUT2D eigenvalue weighted by Gasteiger charge is -2.09. The van der Waals surface area contributed by atoms with Crippen LogP contribution < -0.4 is 10.1 Å². The van der Waals surface area contributed by atoms with E-state index in [4.69, 9.17) is 9.47 Å². The van der Waals surface area contributed by atoms with Gasteiger partial charge in [-0.25, -0.2) is 4.79 Å². The van der Waals surface area contributed by atoms with E-state index in [0.29, 0.717) is 39.4 Å². The van der Waals surface area contributed by atoms with Gasteiger partial charge in [0.2, 0.25) is 5.91 Å². The van der Waals surface area contributed by atoms with Crippen molar-refractivity contribution >= 4 is 40.0 Å². The summed E-state index contributed by atoms with van der Waals surface area (Å²) in [6, 6.07) is 15.3. The average molecular weight is 535 g/mol. The number of carbonyl (C=O) groups is 2. The number of amides is 1. The van der Waals surface area contributed by atoms with Crippen LogP contribution in [0.5, 0.6) is 5.75 Å². The van der Waals surface area contributed by atoms with Gasteiger partial charge in [-0.05, 0) is 30.7 Å². The minimum Gasteiger partial charge on any atom is -0.497 e. The molecular formula is C27H26N4O4S2. The quantitative estimate of drug-likeness (QED) is 0.159. The summed E-state index contributed by atoms with van der Waals surface area (Å²) in [5.74, 6) is 0.701. The molecule has 0 aliphatic carbocycles. The van der Waals surface area contributed by atoms with Crippen LogP contribution in [0.4, 0.5) is 5.00 Å². The first-order chi connectivity index (χ1) is 17.9. The molecule has 0 saturated carbocycles. The van der Waals surface area contributed by atoms with Gasteiger partial charge in [-0.15, -0.1) is 28.1 Å². The van der Waals surface area contributed by atoms with Crippen molar-refractivity contribution in [1.82, 2.24) is 14.8 Å². The molecule has 2 heterocycles. The van der Waals surface area contributed by atoms with Gasteiger partial charge in [-0.2, -0.15) is 0 Å². The molecule has 2 aromatic heterocycles. The lowest BCUT2D eigenvalue weighted by molar-refractivity contribution is -0.113. The van der Waals surface area contributed by atoms with Gasteiger partial charge in [-0.3, -0.25) is 9.36 Å². The molecule has 0 aliphatic rings. The van der Waals surface area contributed by atoms with Crippen molar-refractivity contribution in [2.75, 3.05) is 25.3 Å². The first-order valence-corrected chi connectivity index (χ1v) is 13.2. The van der Waals surface area contributed by atoms with Crippen LogP contribution in [0.1, 0.15) is 15.9 Å². The van der Waals surface area contributed by atoms with E-state index in [1.807, 2.05) is 65.4 Å². The van der Waals surface area contributed by atoms with Crippen molar-refractivity contribution in [2.24, 2.45) is 0 Å². The lowest BCUT2D eigenvalue weighted by atomic mass is 10.0. The van der Waals surface area contributed by atoms with Crippen LogP contribution in [0.2, 0.25) is 0 Å². The Hall–Kier alpha value is -3.89. The number of thiophene rings is 1. The Kier molecular flexibility index (Phi) is 8.42. The molecule has 1 N–H and O–H groups in total. The molecule has 0 aliphatic heterocycles. The summed E-state index contributed by atoms with van der Waals surface area (Å²) in [6.45, 7) is 6.36. The Bertz CT molecular complexity index is 1430. The minimum atomic E-state index is -0.524. The normalized spacial score (nSPS) is 10.7. The highest BCUT2D eigenvalue weighted by Gasteiger charge is 2.23. The summed E-state index contributed by atoms with van der Waals surface area (Å²) >= 11 is 2.53. The maximum absolute atomic E-state index is 12.9. The van der Waals surface area contributed by atoms with Crippen molar-refractivity contribution in [3.05, 3.63) is 77.7 Å². The third-order valence-corrected chi connectivity index (χ3v) is 7.33. The summed E-state index contributed by atoms with van der Waals surface area (Å²) in [5.41, 5.74) is 3.86. The molecule has 4 aromatic rings. The Morgan fingerprint density at radius 1 is 1.14 bits per heavy atom. The van der Waals surface area contributed by atoms with Crippen LogP contribution in [-0.2, 0) is 16.1 Å². The highest BCUT2D eigenvalue weighted by Crippen LogP contribution is 2.37. The van der Waals surface area contributed by atoms with Crippen LogP contribution in [-0.4, -0.2) is 46.6 Å². The number of benzene rings is 2. The Balaban J connectivity index is 1.52. The standard InChI is InChI=1S/C27H26N4O4S2/c1-5-13-31-24(19-8-6-7-17(2)14-19)29-30-27(31)37-16-22(32)28-25-23(26(33)35-4)21(15-36-25)18-9-11-20(34-3)12-10-18/h5-12,14-15H,1,13,16H2,2-4H3,(H,28,32). The first kappa shape index (κ1) is 26.2. The number of thioether (sulfide) groups is 1. The molecular weight excluding hydrogens is 508 g/mol. The topological polar surface area (TPSA) is 95.3 Å². The largest absolute Gasteiger partial charge is 0.497 e. The van der Waals surface area contributed by atoms with E-state index in [1.165, 1.54) is 30.2 Å². The van der Waals surface area contributed by atoms with Gasteiger partial charge in [-0.1, -0.05) is 53.7 Å². The van der Waals surface area contributed by atoms with E-state index in [0.717, 1.165) is 16.7 Å². The van der Waals surface area contributed by atoms with Gasteiger partial charge in [0, 0.05) is 23.1 Å². The van der Waals surface area contributed by atoms with E-state index in [-0.39, 0.29) is 11.7 Å². The maximum atomic E-state index is 12.9. The fourth-order valence-corrected chi connectivity index (χ4v) is 5.44. The highest BCUT2D eigenvalue weighted by atomic mass is 32.2. The zero-order valence-electron chi connectivity index (χ0n) is 20.7. The number of nitrogens with zero attached hydrogens (tertiary/aromatic N) is 3. The van der Waals surface area contributed by atoms with Crippen molar-refractivity contribution < 1.29 is 19.1 Å². The van der Waals surface area contributed by atoms with Crippen molar-refractivity contribution in [2.45, 2.75) is 18.6 Å². The lowest BCUT2D eigenvalue weighted by Crippen LogP contribution is -2.16. The smallest absolute Gasteiger partial charge is 0.341 e. The van der Waals surface area contributed by atoms with E-state index >= 15 is 0 Å². The molecule has 0 bridgehead atoms. The van der Waals surface area contributed by atoms with Gasteiger partial charge >= 0.3 is 5.97 Å². The number of aryl methyl sites for hydroxylation is 1. The molecule has 0 radical (unpaired) electrons. The maximum Gasteiger partial charge on any atom is 0.341 e. The zero-order valence-corrected chi connectivity index (χ0v) is 22.3. The van der Waals surface area contributed by atoms with E-state index < -0.39 is 5.97 Å². The number of ether oxygens (including phenoxy) is 2. The predicted octanol–water partition coefficient (Wildman–Crippen LogP) is 5.69. The van der Waals surface area contributed by atoms with Crippen molar-refractivity contribution in [3.8, 4) is 28.3 Å². The Morgan fingerprint density at radius 3 is 2.59 bits per heavy atom. The number of anilines is 1. The van der Waals surface area contributed by atoms with Gasteiger partial charge in [0.15, 0.2) is 11.0 Å². The average Bonchev–Trinajstić information content (AvgIpc) is 3.51. The van der Waals surface area contributed by atoms with Crippen molar-refractivity contribution in [1.29, 1.82) is 0 Å². The zero-order chi connectivity index (χ0) is 26.4. The molecule has 0 fully saturated rings. The number of allylic oxidation sites excluding steroid dienone is 1. The summed E-state index contributed by atoms with van der Waals surface area (Å²) < 4.78 is 12.1. The minimum absolute atomic E-state index is 0.0828. The Labute approximate surface area is 223 Å². The van der Waals surface area contributed by atoms with Crippen LogP contribution >= 0.6 is 23.1 Å².